The van der Waals surface area contributed by atoms with E-state index in [9.17, 15) is 0 Å². The van der Waals surface area contributed by atoms with E-state index in [0.717, 1.165) is 23.9 Å². The minimum atomic E-state index is 0.208. The maximum atomic E-state index is 6.05. The molecule has 0 amide bonds. The average Bonchev–Trinajstić information content (AvgIpc) is 2.34. The highest BCUT2D eigenvalue weighted by atomic mass is 79.9. The molecule has 1 nitrogen and oxygen atoms in total. The Balaban J connectivity index is 2.66. The first-order valence-electron chi connectivity index (χ1n) is 5.60. The predicted octanol–water partition coefficient (Wildman–Crippen LogP) is 4.92. The molecule has 0 fully saturated rings. The molecule has 1 rings (SSSR count). The highest BCUT2D eigenvalue weighted by Gasteiger charge is 2.26. The number of benzene rings is 1. The molecule has 0 N–H and O–H groups in total. The van der Waals surface area contributed by atoms with Crippen molar-refractivity contribution < 1.29 is 4.74 Å². The van der Waals surface area contributed by atoms with Crippen molar-refractivity contribution in [2.24, 2.45) is 5.41 Å². The van der Waals surface area contributed by atoms with E-state index >= 15 is 0 Å². The standard InChI is InChI=1S/C13H18BrClO/c1-3-13(4-2,9-14)10-16-12-8-6-5-7-11(12)15/h5-8H,3-4,9-10H2,1-2H3. The fourth-order valence-electron chi connectivity index (χ4n) is 1.47. The molecule has 16 heavy (non-hydrogen) atoms. The Hall–Kier alpha value is -0.210. The van der Waals surface area contributed by atoms with Crippen LogP contribution in [0, 0.1) is 5.41 Å². The van der Waals surface area contributed by atoms with Crippen molar-refractivity contribution >= 4 is 27.5 Å². The van der Waals surface area contributed by atoms with Gasteiger partial charge in [0.25, 0.3) is 0 Å². The van der Waals surface area contributed by atoms with Crippen molar-refractivity contribution in [2.75, 3.05) is 11.9 Å². The average molecular weight is 306 g/mol. The van der Waals surface area contributed by atoms with E-state index in [1.165, 1.54) is 0 Å². The molecule has 0 atom stereocenters. The van der Waals surface area contributed by atoms with Crippen LogP contribution in [0.2, 0.25) is 5.02 Å². The van der Waals surface area contributed by atoms with Crippen LogP contribution < -0.4 is 4.74 Å². The molecule has 0 aliphatic heterocycles. The summed E-state index contributed by atoms with van der Waals surface area (Å²) in [7, 11) is 0. The molecule has 0 aliphatic carbocycles. The fourth-order valence-corrected chi connectivity index (χ4v) is 2.62. The van der Waals surface area contributed by atoms with Crippen molar-refractivity contribution in [1.29, 1.82) is 0 Å². The lowest BCUT2D eigenvalue weighted by Crippen LogP contribution is -2.29. The molecule has 0 aliphatic rings. The third kappa shape index (κ3) is 3.39. The number of rotatable bonds is 6. The van der Waals surface area contributed by atoms with Gasteiger partial charge in [0.15, 0.2) is 0 Å². The van der Waals surface area contributed by atoms with Crippen LogP contribution in [0.4, 0.5) is 0 Å². The Morgan fingerprint density at radius 2 is 1.88 bits per heavy atom. The molecule has 0 spiro atoms. The molecule has 90 valence electrons. The molecule has 1 aromatic carbocycles. The van der Waals surface area contributed by atoms with Gasteiger partial charge in [-0.05, 0) is 25.0 Å². The van der Waals surface area contributed by atoms with Gasteiger partial charge < -0.3 is 4.74 Å². The Morgan fingerprint density at radius 3 is 2.38 bits per heavy atom. The van der Waals surface area contributed by atoms with Crippen LogP contribution in [0.25, 0.3) is 0 Å². The highest BCUT2D eigenvalue weighted by Crippen LogP contribution is 2.31. The number of ether oxygens (including phenoxy) is 1. The topological polar surface area (TPSA) is 9.23 Å². The van der Waals surface area contributed by atoms with E-state index in [-0.39, 0.29) is 5.41 Å². The minimum Gasteiger partial charge on any atom is -0.491 e. The summed E-state index contributed by atoms with van der Waals surface area (Å²) in [4.78, 5) is 0. The molecule has 0 aromatic heterocycles. The summed E-state index contributed by atoms with van der Waals surface area (Å²) in [5.74, 6) is 0.774. The van der Waals surface area contributed by atoms with E-state index in [1.807, 2.05) is 24.3 Å². The van der Waals surface area contributed by atoms with Crippen molar-refractivity contribution in [3.63, 3.8) is 0 Å². The van der Waals surface area contributed by atoms with Crippen LogP contribution >= 0.6 is 27.5 Å². The number of hydrogen-bond donors (Lipinski definition) is 0. The SMILES string of the molecule is CCC(CC)(CBr)COc1ccccc1Cl. The lowest BCUT2D eigenvalue weighted by Gasteiger charge is -2.29. The van der Waals surface area contributed by atoms with Gasteiger partial charge in [-0.1, -0.05) is 53.5 Å². The van der Waals surface area contributed by atoms with Gasteiger partial charge in [-0.2, -0.15) is 0 Å². The minimum absolute atomic E-state index is 0.208. The zero-order chi connectivity index (χ0) is 12.0. The van der Waals surface area contributed by atoms with Gasteiger partial charge in [-0.3, -0.25) is 0 Å². The molecule has 0 saturated carbocycles. The molecule has 0 bridgehead atoms. The number of halogens is 2. The van der Waals surface area contributed by atoms with Crippen molar-refractivity contribution in [3.8, 4) is 5.75 Å². The third-order valence-electron chi connectivity index (χ3n) is 3.15. The van der Waals surface area contributed by atoms with Gasteiger partial charge in [-0.15, -0.1) is 0 Å². The fraction of sp³-hybridized carbons (Fsp3) is 0.538. The van der Waals surface area contributed by atoms with E-state index in [0.29, 0.717) is 11.6 Å². The molecule has 0 unspecified atom stereocenters. The smallest absolute Gasteiger partial charge is 0.137 e. The second kappa shape index (κ2) is 6.51. The lowest BCUT2D eigenvalue weighted by molar-refractivity contribution is 0.158. The van der Waals surface area contributed by atoms with Gasteiger partial charge in [0, 0.05) is 10.7 Å². The second-order valence-corrected chi connectivity index (χ2v) is 5.03. The van der Waals surface area contributed by atoms with Crippen LogP contribution in [0.3, 0.4) is 0 Å². The van der Waals surface area contributed by atoms with E-state index in [4.69, 9.17) is 16.3 Å². The normalized spacial score (nSPS) is 11.5. The van der Waals surface area contributed by atoms with Gasteiger partial charge in [0.1, 0.15) is 5.75 Å². The number of alkyl halides is 1. The van der Waals surface area contributed by atoms with Crippen molar-refractivity contribution in [2.45, 2.75) is 26.7 Å². The Labute approximate surface area is 111 Å². The van der Waals surface area contributed by atoms with Gasteiger partial charge in [0.05, 0.1) is 11.6 Å². The zero-order valence-electron chi connectivity index (χ0n) is 9.80. The first kappa shape index (κ1) is 13.9. The van der Waals surface area contributed by atoms with Gasteiger partial charge in [0.2, 0.25) is 0 Å². The zero-order valence-corrected chi connectivity index (χ0v) is 12.1. The summed E-state index contributed by atoms with van der Waals surface area (Å²) in [5.41, 5.74) is 0.208. The molecule has 0 radical (unpaired) electrons. The van der Waals surface area contributed by atoms with Crippen molar-refractivity contribution in [1.82, 2.24) is 0 Å². The van der Waals surface area contributed by atoms with Gasteiger partial charge in [-0.25, -0.2) is 0 Å². The van der Waals surface area contributed by atoms with E-state index in [2.05, 4.69) is 29.8 Å². The summed E-state index contributed by atoms with van der Waals surface area (Å²) in [5, 5.41) is 1.63. The number of hydrogen-bond acceptors (Lipinski definition) is 1. The molecule has 1 aromatic rings. The largest absolute Gasteiger partial charge is 0.491 e. The van der Waals surface area contributed by atoms with E-state index < -0.39 is 0 Å². The summed E-state index contributed by atoms with van der Waals surface area (Å²) < 4.78 is 5.81. The highest BCUT2D eigenvalue weighted by molar-refractivity contribution is 9.09. The summed E-state index contributed by atoms with van der Waals surface area (Å²) >= 11 is 9.62. The maximum Gasteiger partial charge on any atom is 0.137 e. The summed E-state index contributed by atoms with van der Waals surface area (Å²) in [6.45, 7) is 5.09. The van der Waals surface area contributed by atoms with Crippen molar-refractivity contribution in [3.05, 3.63) is 29.3 Å². The summed E-state index contributed by atoms with van der Waals surface area (Å²) in [6.07, 6.45) is 2.19. The molecule has 3 heteroatoms. The third-order valence-corrected chi connectivity index (χ3v) is 4.66. The Bertz CT molecular complexity index is 315. The Morgan fingerprint density at radius 1 is 1.25 bits per heavy atom. The van der Waals surface area contributed by atoms with Crippen LogP contribution in [-0.2, 0) is 0 Å². The van der Waals surface area contributed by atoms with Crippen LogP contribution in [-0.4, -0.2) is 11.9 Å². The first-order chi connectivity index (χ1) is 7.67. The molecular weight excluding hydrogens is 287 g/mol. The quantitative estimate of drug-likeness (QED) is 0.678. The van der Waals surface area contributed by atoms with Crippen LogP contribution in [0.15, 0.2) is 24.3 Å². The second-order valence-electron chi connectivity index (χ2n) is 4.06. The van der Waals surface area contributed by atoms with Gasteiger partial charge >= 0.3 is 0 Å². The van der Waals surface area contributed by atoms with Crippen LogP contribution in [0.5, 0.6) is 5.75 Å². The lowest BCUT2D eigenvalue weighted by atomic mass is 9.86. The first-order valence-corrected chi connectivity index (χ1v) is 7.10. The monoisotopic (exact) mass is 304 g/mol. The summed E-state index contributed by atoms with van der Waals surface area (Å²) in [6, 6.07) is 7.61. The molecular formula is C13H18BrClO. The molecule has 0 saturated heterocycles. The van der Waals surface area contributed by atoms with E-state index in [1.54, 1.807) is 0 Å². The van der Waals surface area contributed by atoms with Crippen LogP contribution in [0.1, 0.15) is 26.7 Å². The molecule has 0 heterocycles. The predicted molar refractivity (Wildman–Crippen MR) is 73.8 cm³/mol. The maximum absolute atomic E-state index is 6.05. The Kier molecular flexibility index (Phi) is 5.63. The number of para-hydroxylation sites is 1.